The van der Waals surface area contributed by atoms with Gasteiger partial charge in [-0.3, -0.25) is 0 Å². The molecule has 2 fully saturated rings. The lowest BCUT2D eigenvalue weighted by Crippen LogP contribution is -2.23. The second kappa shape index (κ2) is 2.30. The number of hydrogen-bond acceptors (Lipinski definition) is 1. The fourth-order valence-corrected chi connectivity index (χ4v) is 2.13. The first kappa shape index (κ1) is 5.72. The van der Waals surface area contributed by atoms with Crippen molar-refractivity contribution in [2.75, 3.05) is 6.61 Å². The lowest BCUT2D eigenvalue weighted by atomic mass is 9.98. The fourth-order valence-electron chi connectivity index (χ4n) is 2.13. The molecule has 9 heavy (non-hydrogen) atoms. The standard InChI is InChI=1S/C8H14O/c1-3-7-4-2-6-9-8(7)5-1/h7-8H,1-6H2/t7-,8-/m0/s1. The van der Waals surface area contributed by atoms with Crippen molar-refractivity contribution in [2.24, 2.45) is 5.92 Å². The van der Waals surface area contributed by atoms with E-state index >= 15 is 0 Å². The summed E-state index contributed by atoms with van der Waals surface area (Å²) in [6, 6.07) is 0. The van der Waals surface area contributed by atoms with Crippen LogP contribution in [0.5, 0.6) is 0 Å². The van der Waals surface area contributed by atoms with E-state index in [2.05, 4.69) is 0 Å². The van der Waals surface area contributed by atoms with E-state index in [0.717, 1.165) is 12.5 Å². The van der Waals surface area contributed by atoms with E-state index in [9.17, 15) is 0 Å². The van der Waals surface area contributed by atoms with Crippen LogP contribution >= 0.6 is 0 Å². The molecule has 0 radical (unpaired) electrons. The summed E-state index contributed by atoms with van der Waals surface area (Å²) >= 11 is 0. The maximum atomic E-state index is 5.60. The molecule has 0 aromatic heterocycles. The van der Waals surface area contributed by atoms with Gasteiger partial charge in [-0.2, -0.15) is 0 Å². The molecular formula is C8H14O. The highest BCUT2D eigenvalue weighted by atomic mass is 16.5. The van der Waals surface area contributed by atoms with Gasteiger partial charge in [-0.1, -0.05) is 6.42 Å². The Morgan fingerprint density at radius 2 is 1.89 bits per heavy atom. The number of ether oxygens (including phenoxy) is 1. The van der Waals surface area contributed by atoms with Crippen LogP contribution in [0.25, 0.3) is 0 Å². The van der Waals surface area contributed by atoms with Crippen LogP contribution in [0.3, 0.4) is 0 Å². The largest absolute Gasteiger partial charge is 0.378 e. The van der Waals surface area contributed by atoms with E-state index in [0.29, 0.717) is 6.10 Å². The second-order valence-corrected chi connectivity index (χ2v) is 3.24. The minimum Gasteiger partial charge on any atom is -0.378 e. The van der Waals surface area contributed by atoms with Crippen molar-refractivity contribution in [3.63, 3.8) is 0 Å². The van der Waals surface area contributed by atoms with Crippen molar-refractivity contribution in [3.8, 4) is 0 Å². The molecule has 1 saturated heterocycles. The van der Waals surface area contributed by atoms with E-state index in [4.69, 9.17) is 4.74 Å². The average molecular weight is 126 g/mol. The summed E-state index contributed by atoms with van der Waals surface area (Å²) in [6.45, 7) is 1.03. The van der Waals surface area contributed by atoms with Gasteiger partial charge in [-0.15, -0.1) is 0 Å². The molecule has 52 valence electrons. The number of fused-ring (bicyclic) bond motifs is 1. The van der Waals surface area contributed by atoms with Gasteiger partial charge in [-0.05, 0) is 31.6 Å². The predicted octanol–water partition coefficient (Wildman–Crippen LogP) is 1.97. The Balaban J connectivity index is 1.97. The van der Waals surface area contributed by atoms with Gasteiger partial charge < -0.3 is 4.74 Å². The van der Waals surface area contributed by atoms with E-state index in [-0.39, 0.29) is 0 Å². The zero-order chi connectivity index (χ0) is 6.10. The first-order valence-corrected chi connectivity index (χ1v) is 4.08. The van der Waals surface area contributed by atoms with Crippen LogP contribution in [0.1, 0.15) is 32.1 Å². The predicted molar refractivity (Wildman–Crippen MR) is 36.3 cm³/mol. The molecule has 0 amide bonds. The van der Waals surface area contributed by atoms with Gasteiger partial charge in [0.25, 0.3) is 0 Å². The van der Waals surface area contributed by atoms with Gasteiger partial charge >= 0.3 is 0 Å². The molecular weight excluding hydrogens is 112 g/mol. The molecule has 0 N–H and O–H groups in total. The Labute approximate surface area is 56.4 Å². The maximum absolute atomic E-state index is 5.60. The second-order valence-electron chi connectivity index (χ2n) is 3.24. The van der Waals surface area contributed by atoms with Crippen LogP contribution in [0.4, 0.5) is 0 Å². The molecule has 1 heteroatoms. The maximum Gasteiger partial charge on any atom is 0.0603 e. The third-order valence-electron chi connectivity index (χ3n) is 2.64. The Bertz CT molecular complexity index is 88.7. The first-order chi connectivity index (χ1) is 4.47. The summed E-state index contributed by atoms with van der Waals surface area (Å²) in [6.07, 6.45) is 7.59. The average Bonchev–Trinajstić information content (AvgIpc) is 2.33. The van der Waals surface area contributed by atoms with Gasteiger partial charge in [0, 0.05) is 6.61 Å². The molecule has 0 spiro atoms. The number of hydrogen-bond donors (Lipinski definition) is 0. The summed E-state index contributed by atoms with van der Waals surface area (Å²) in [5, 5.41) is 0. The Morgan fingerprint density at radius 1 is 1.00 bits per heavy atom. The van der Waals surface area contributed by atoms with Crippen LogP contribution in [-0.4, -0.2) is 12.7 Å². The van der Waals surface area contributed by atoms with Crippen molar-refractivity contribution < 1.29 is 4.74 Å². The summed E-state index contributed by atoms with van der Waals surface area (Å²) in [4.78, 5) is 0. The molecule has 0 bridgehead atoms. The minimum absolute atomic E-state index is 0.666. The molecule has 2 aliphatic rings. The Kier molecular flexibility index (Phi) is 1.46. The van der Waals surface area contributed by atoms with Crippen molar-refractivity contribution >= 4 is 0 Å². The Morgan fingerprint density at radius 3 is 2.78 bits per heavy atom. The van der Waals surface area contributed by atoms with Crippen LogP contribution in [0.2, 0.25) is 0 Å². The smallest absolute Gasteiger partial charge is 0.0603 e. The van der Waals surface area contributed by atoms with Gasteiger partial charge in [0.15, 0.2) is 0 Å². The normalized spacial score (nSPS) is 42.7. The molecule has 1 aliphatic heterocycles. The first-order valence-electron chi connectivity index (χ1n) is 4.08. The SMILES string of the molecule is C1CO[C@H]2CCC[C@H]2C1. The van der Waals surface area contributed by atoms with Gasteiger partial charge in [0.1, 0.15) is 0 Å². The zero-order valence-corrected chi connectivity index (χ0v) is 5.81. The molecule has 2 rings (SSSR count). The molecule has 1 saturated carbocycles. The summed E-state index contributed by atoms with van der Waals surface area (Å²) in [5.41, 5.74) is 0. The lowest BCUT2D eigenvalue weighted by molar-refractivity contribution is -0.00924. The fraction of sp³-hybridized carbons (Fsp3) is 1.00. The highest BCUT2D eigenvalue weighted by Crippen LogP contribution is 2.34. The topological polar surface area (TPSA) is 9.23 Å². The molecule has 1 nitrogen and oxygen atoms in total. The van der Waals surface area contributed by atoms with Crippen LogP contribution in [-0.2, 0) is 4.74 Å². The van der Waals surface area contributed by atoms with E-state index in [1.54, 1.807) is 0 Å². The van der Waals surface area contributed by atoms with Crippen molar-refractivity contribution in [1.82, 2.24) is 0 Å². The molecule has 1 aliphatic carbocycles. The van der Waals surface area contributed by atoms with Gasteiger partial charge in [-0.25, -0.2) is 0 Å². The molecule has 1 heterocycles. The molecule has 0 unspecified atom stereocenters. The molecule has 2 atom stereocenters. The van der Waals surface area contributed by atoms with Crippen molar-refractivity contribution in [2.45, 2.75) is 38.2 Å². The van der Waals surface area contributed by atoms with Gasteiger partial charge in [0.05, 0.1) is 6.10 Å². The van der Waals surface area contributed by atoms with E-state index in [1.807, 2.05) is 0 Å². The highest BCUT2D eigenvalue weighted by Gasteiger charge is 2.29. The quantitative estimate of drug-likeness (QED) is 0.482. The molecule has 0 aromatic rings. The van der Waals surface area contributed by atoms with Crippen molar-refractivity contribution in [1.29, 1.82) is 0 Å². The summed E-state index contributed by atoms with van der Waals surface area (Å²) in [5.74, 6) is 0.943. The van der Waals surface area contributed by atoms with Crippen LogP contribution in [0.15, 0.2) is 0 Å². The monoisotopic (exact) mass is 126 g/mol. The van der Waals surface area contributed by atoms with E-state index in [1.165, 1.54) is 32.1 Å². The minimum atomic E-state index is 0.666. The van der Waals surface area contributed by atoms with Crippen LogP contribution in [0, 0.1) is 5.92 Å². The third-order valence-corrected chi connectivity index (χ3v) is 2.64. The highest BCUT2D eigenvalue weighted by molar-refractivity contribution is 4.80. The number of rotatable bonds is 0. The lowest BCUT2D eigenvalue weighted by Gasteiger charge is -2.25. The van der Waals surface area contributed by atoms with Crippen LogP contribution < -0.4 is 0 Å². The van der Waals surface area contributed by atoms with Gasteiger partial charge in [0.2, 0.25) is 0 Å². The van der Waals surface area contributed by atoms with Crippen molar-refractivity contribution in [3.05, 3.63) is 0 Å². The zero-order valence-electron chi connectivity index (χ0n) is 5.81. The Hall–Kier alpha value is -0.0400. The molecule has 0 aromatic carbocycles. The third kappa shape index (κ3) is 0.983. The summed E-state index contributed by atoms with van der Waals surface area (Å²) in [7, 11) is 0. The summed E-state index contributed by atoms with van der Waals surface area (Å²) < 4.78 is 5.60. The van der Waals surface area contributed by atoms with E-state index < -0.39 is 0 Å².